The van der Waals surface area contributed by atoms with Crippen LogP contribution in [0.1, 0.15) is 27.7 Å². The molecule has 0 unspecified atom stereocenters. The van der Waals surface area contributed by atoms with Gasteiger partial charge in [-0.25, -0.2) is 0 Å². The average Bonchev–Trinajstić information content (AvgIpc) is 2.87. The van der Waals surface area contributed by atoms with Crippen LogP contribution in [0.2, 0.25) is 0 Å². The van der Waals surface area contributed by atoms with E-state index in [1.54, 1.807) is 6.08 Å². The number of hydrogen-bond donors (Lipinski definition) is 1. The van der Waals surface area contributed by atoms with Gasteiger partial charge in [-0.2, -0.15) is 0 Å². The molecule has 3 rings (SSSR count). The molecule has 3 aromatic rings. The van der Waals surface area contributed by atoms with Crippen LogP contribution in [-0.2, 0) is 0 Å². The van der Waals surface area contributed by atoms with E-state index in [0.29, 0.717) is 12.3 Å². The number of allylic oxidation sites excluding steroid dienone is 2. The highest BCUT2D eigenvalue weighted by Gasteiger charge is 1.98. The van der Waals surface area contributed by atoms with Crippen LogP contribution in [0.4, 0.5) is 5.69 Å². The first-order chi connectivity index (χ1) is 15.8. The fourth-order valence-corrected chi connectivity index (χ4v) is 2.44. The SMILES string of the molecule is C#C/C=C(\C=C/CNc1ccc(Oc2ccccc2)cc1)Oc1ccccc1.CC.CC. The van der Waals surface area contributed by atoms with Crippen molar-refractivity contribution in [2.45, 2.75) is 27.7 Å². The van der Waals surface area contributed by atoms with Crippen molar-refractivity contribution in [3.63, 3.8) is 0 Å². The van der Waals surface area contributed by atoms with Crippen LogP contribution >= 0.6 is 0 Å². The molecule has 0 radical (unpaired) electrons. The zero-order valence-electron chi connectivity index (χ0n) is 19.4. The van der Waals surface area contributed by atoms with E-state index in [-0.39, 0.29) is 0 Å². The maximum absolute atomic E-state index is 5.79. The fraction of sp³-hybridized carbons (Fsp3) is 0.172. The number of para-hydroxylation sites is 2. The van der Waals surface area contributed by atoms with Crippen LogP contribution in [0.5, 0.6) is 17.2 Å². The number of anilines is 1. The van der Waals surface area contributed by atoms with Crippen molar-refractivity contribution in [1.82, 2.24) is 0 Å². The molecule has 1 N–H and O–H groups in total. The number of nitrogens with one attached hydrogen (secondary N) is 1. The maximum Gasteiger partial charge on any atom is 0.135 e. The van der Waals surface area contributed by atoms with Crippen LogP contribution in [0.25, 0.3) is 0 Å². The van der Waals surface area contributed by atoms with Gasteiger partial charge >= 0.3 is 0 Å². The van der Waals surface area contributed by atoms with Crippen molar-refractivity contribution in [2.24, 2.45) is 0 Å². The molecular weight excluding hydrogens is 394 g/mol. The molecule has 0 aliphatic rings. The first kappa shape index (κ1) is 26.1. The van der Waals surface area contributed by atoms with Gasteiger partial charge in [-0.15, -0.1) is 6.42 Å². The van der Waals surface area contributed by atoms with E-state index in [9.17, 15) is 0 Å². The van der Waals surface area contributed by atoms with E-state index in [1.165, 1.54) is 0 Å². The van der Waals surface area contributed by atoms with E-state index in [1.807, 2.05) is 125 Å². The molecule has 166 valence electrons. The highest BCUT2D eigenvalue weighted by Crippen LogP contribution is 2.22. The standard InChI is InChI=1S/C25H21NO2.2C2H6/c1-2-10-22(27-23-11-5-3-6-12-23)15-9-20-26-21-16-18-25(19-17-21)28-24-13-7-4-8-14-24;2*1-2/h1,3-19,26H,20H2;2*1-2H3/b15-9-,22-10+;;. The Labute approximate surface area is 193 Å². The normalized spacial score (nSPS) is 10.0. The van der Waals surface area contributed by atoms with Gasteiger partial charge in [-0.1, -0.05) is 76.1 Å². The molecule has 0 aliphatic heterocycles. The molecule has 0 spiro atoms. The molecule has 3 heteroatoms. The minimum atomic E-state index is 0.613. The maximum atomic E-state index is 5.79. The van der Waals surface area contributed by atoms with Crippen molar-refractivity contribution < 1.29 is 9.47 Å². The van der Waals surface area contributed by atoms with E-state index < -0.39 is 0 Å². The summed E-state index contributed by atoms with van der Waals surface area (Å²) in [6, 6.07) is 27.1. The van der Waals surface area contributed by atoms with E-state index >= 15 is 0 Å². The van der Waals surface area contributed by atoms with Gasteiger partial charge in [-0.05, 0) is 54.6 Å². The summed E-state index contributed by atoms with van der Waals surface area (Å²) < 4.78 is 11.6. The van der Waals surface area contributed by atoms with Crippen molar-refractivity contribution in [1.29, 1.82) is 0 Å². The zero-order valence-corrected chi connectivity index (χ0v) is 19.4. The second-order valence-electron chi connectivity index (χ2n) is 5.85. The molecule has 0 heterocycles. The van der Waals surface area contributed by atoms with Gasteiger partial charge in [0.05, 0.1) is 0 Å². The lowest BCUT2D eigenvalue weighted by Gasteiger charge is -2.08. The lowest BCUT2D eigenvalue weighted by atomic mass is 10.3. The van der Waals surface area contributed by atoms with Crippen molar-refractivity contribution in [2.75, 3.05) is 11.9 Å². The summed E-state index contributed by atoms with van der Waals surface area (Å²) in [5, 5.41) is 3.32. The largest absolute Gasteiger partial charge is 0.457 e. The smallest absolute Gasteiger partial charge is 0.135 e. The van der Waals surface area contributed by atoms with Gasteiger partial charge in [0.15, 0.2) is 0 Å². The second-order valence-corrected chi connectivity index (χ2v) is 5.85. The molecule has 0 saturated carbocycles. The average molecular weight is 428 g/mol. The molecule has 0 atom stereocenters. The van der Waals surface area contributed by atoms with E-state index in [2.05, 4.69) is 11.2 Å². The Bertz CT molecular complexity index is 954. The third kappa shape index (κ3) is 10.2. The van der Waals surface area contributed by atoms with Crippen molar-refractivity contribution in [3.8, 4) is 29.6 Å². The minimum Gasteiger partial charge on any atom is -0.457 e. The minimum absolute atomic E-state index is 0.613. The molecule has 0 saturated heterocycles. The van der Waals surface area contributed by atoms with Gasteiger partial charge in [-0.3, -0.25) is 0 Å². The highest BCUT2D eigenvalue weighted by atomic mass is 16.5. The summed E-state index contributed by atoms with van der Waals surface area (Å²) in [6.45, 7) is 8.64. The molecule has 0 aliphatic carbocycles. The molecule has 0 bridgehead atoms. The Morgan fingerprint density at radius 2 is 1.31 bits per heavy atom. The topological polar surface area (TPSA) is 30.5 Å². The van der Waals surface area contributed by atoms with Crippen molar-refractivity contribution >= 4 is 5.69 Å². The monoisotopic (exact) mass is 427 g/mol. The van der Waals surface area contributed by atoms with Gasteiger partial charge in [0.1, 0.15) is 23.0 Å². The van der Waals surface area contributed by atoms with E-state index in [4.69, 9.17) is 15.9 Å². The molecular formula is C29H33NO2. The van der Waals surface area contributed by atoms with E-state index in [0.717, 1.165) is 22.9 Å². The predicted octanol–water partition coefficient (Wildman–Crippen LogP) is 8.10. The summed E-state index contributed by atoms with van der Waals surface area (Å²) in [5.74, 6) is 5.47. The lowest BCUT2D eigenvalue weighted by molar-refractivity contribution is 0.445. The number of rotatable bonds is 8. The first-order valence-corrected chi connectivity index (χ1v) is 11.0. The molecule has 0 aromatic heterocycles. The predicted molar refractivity (Wildman–Crippen MR) is 137 cm³/mol. The molecule has 3 aromatic carbocycles. The Balaban J connectivity index is 0.00000121. The Morgan fingerprint density at radius 3 is 1.88 bits per heavy atom. The molecule has 0 fully saturated rings. The Morgan fingerprint density at radius 1 is 0.781 bits per heavy atom. The summed E-state index contributed by atoms with van der Waals surface area (Å²) in [6.07, 6.45) is 10.8. The lowest BCUT2D eigenvalue weighted by Crippen LogP contribution is -1.99. The molecule has 32 heavy (non-hydrogen) atoms. The Kier molecular flexibility index (Phi) is 13.8. The number of hydrogen-bond acceptors (Lipinski definition) is 3. The number of ether oxygens (including phenoxy) is 2. The van der Waals surface area contributed by atoms with Gasteiger partial charge in [0, 0.05) is 18.3 Å². The van der Waals surface area contributed by atoms with Crippen molar-refractivity contribution in [3.05, 3.63) is 109 Å². The van der Waals surface area contributed by atoms with Crippen LogP contribution in [0.3, 0.4) is 0 Å². The quantitative estimate of drug-likeness (QED) is 0.224. The van der Waals surface area contributed by atoms with Crippen LogP contribution < -0.4 is 14.8 Å². The first-order valence-electron chi connectivity index (χ1n) is 11.0. The number of benzene rings is 3. The third-order valence-corrected chi connectivity index (χ3v) is 3.74. The van der Waals surface area contributed by atoms with Gasteiger partial charge in [0.2, 0.25) is 0 Å². The summed E-state index contributed by atoms with van der Waals surface area (Å²) in [5.41, 5.74) is 0.997. The zero-order chi connectivity index (χ0) is 23.4. The number of terminal acetylenes is 1. The summed E-state index contributed by atoms with van der Waals surface area (Å²) in [4.78, 5) is 0. The van der Waals surface area contributed by atoms with Crippen LogP contribution in [0, 0.1) is 12.3 Å². The Hall–Kier alpha value is -3.90. The highest BCUT2D eigenvalue weighted by molar-refractivity contribution is 5.47. The summed E-state index contributed by atoms with van der Waals surface area (Å²) >= 11 is 0. The van der Waals surface area contributed by atoms with Crippen LogP contribution in [-0.4, -0.2) is 6.54 Å². The van der Waals surface area contributed by atoms with Crippen LogP contribution in [0.15, 0.2) is 109 Å². The molecule has 0 amide bonds. The molecule has 3 nitrogen and oxygen atoms in total. The van der Waals surface area contributed by atoms with Gasteiger partial charge in [0.25, 0.3) is 0 Å². The third-order valence-electron chi connectivity index (χ3n) is 3.74. The van der Waals surface area contributed by atoms with Gasteiger partial charge < -0.3 is 14.8 Å². The fourth-order valence-electron chi connectivity index (χ4n) is 2.44. The summed E-state index contributed by atoms with van der Waals surface area (Å²) in [7, 11) is 0. The second kappa shape index (κ2) is 16.8.